The van der Waals surface area contributed by atoms with E-state index in [-0.39, 0.29) is 23.5 Å². The summed E-state index contributed by atoms with van der Waals surface area (Å²) in [7, 11) is 4.64. The van der Waals surface area contributed by atoms with Crippen molar-refractivity contribution < 1.29 is 28.1 Å². The van der Waals surface area contributed by atoms with E-state index in [4.69, 9.17) is 24.7 Å². The van der Waals surface area contributed by atoms with Crippen LogP contribution in [0.25, 0.3) is 0 Å². The lowest BCUT2D eigenvalue weighted by atomic mass is 10.1. The van der Waals surface area contributed by atoms with E-state index in [1.54, 1.807) is 31.4 Å². The predicted molar refractivity (Wildman–Crippen MR) is 131 cm³/mol. The van der Waals surface area contributed by atoms with Gasteiger partial charge >= 0.3 is 0 Å². The van der Waals surface area contributed by atoms with Gasteiger partial charge in [0.2, 0.25) is 0 Å². The van der Waals surface area contributed by atoms with Crippen molar-refractivity contribution in [3.05, 3.63) is 60.3 Å². The number of amides is 1. The second-order valence-electron chi connectivity index (χ2n) is 8.11. The minimum absolute atomic E-state index is 0.208. The number of piperazine rings is 1. The Morgan fingerprint density at radius 3 is 2.47 bits per heavy atom. The van der Waals surface area contributed by atoms with Crippen molar-refractivity contribution in [2.24, 2.45) is 0 Å². The zero-order valence-electron chi connectivity index (χ0n) is 20.3. The summed E-state index contributed by atoms with van der Waals surface area (Å²) in [4.78, 5) is 25.8. The number of rotatable bonds is 8. The van der Waals surface area contributed by atoms with E-state index in [1.807, 2.05) is 0 Å². The molecule has 10 nitrogen and oxygen atoms in total. The van der Waals surface area contributed by atoms with Crippen LogP contribution in [0.2, 0.25) is 0 Å². The molecule has 2 N–H and O–H groups in total. The van der Waals surface area contributed by atoms with E-state index in [0.29, 0.717) is 55.1 Å². The van der Waals surface area contributed by atoms with Crippen LogP contribution >= 0.6 is 0 Å². The molecule has 1 saturated heterocycles. The third kappa shape index (κ3) is 5.41. The number of nitrogens with two attached hydrogens (primary N) is 1. The van der Waals surface area contributed by atoms with Gasteiger partial charge in [-0.1, -0.05) is 0 Å². The number of carbonyl (C=O) groups is 1. The van der Waals surface area contributed by atoms with Gasteiger partial charge in [0.1, 0.15) is 28.8 Å². The van der Waals surface area contributed by atoms with Crippen molar-refractivity contribution in [1.82, 2.24) is 14.9 Å². The molecule has 0 radical (unpaired) electrons. The highest BCUT2D eigenvalue weighted by atomic mass is 19.1. The summed E-state index contributed by atoms with van der Waals surface area (Å²) in [6.45, 7) is 1.81. The van der Waals surface area contributed by atoms with Crippen LogP contribution in [-0.4, -0.2) is 74.4 Å². The number of halogens is 1. The lowest BCUT2D eigenvalue weighted by molar-refractivity contribution is 0.0494. The number of ether oxygens (including phenoxy) is 4. The molecule has 1 atom stereocenters. The van der Waals surface area contributed by atoms with Gasteiger partial charge in [-0.2, -0.15) is 0 Å². The average Bonchev–Trinajstić information content (AvgIpc) is 2.90. The summed E-state index contributed by atoms with van der Waals surface area (Å²) in [5, 5.41) is 0. The van der Waals surface area contributed by atoms with Gasteiger partial charge in [0.05, 0.1) is 44.9 Å². The van der Waals surface area contributed by atoms with Gasteiger partial charge < -0.3 is 34.5 Å². The van der Waals surface area contributed by atoms with Gasteiger partial charge in [-0.25, -0.2) is 14.4 Å². The molecular formula is C25H28FN5O5. The fraction of sp³-hybridized carbons (Fsp3) is 0.320. The smallest absolute Gasteiger partial charge is 0.273 e. The zero-order chi connectivity index (χ0) is 25.7. The van der Waals surface area contributed by atoms with Crippen LogP contribution < -0.4 is 24.8 Å². The number of benzene rings is 1. The first-order valence-electron chi connectivity index (χ1n) is 11.2. The Kier molecular flexibility index (Phi) is 7.69. The SMILES string of the molecule is COC[C@H]1CN(c2cnc(N)cc2OC)CCN1C(=O)c1cc(OC)c(Oc2ccc(F)cc2)cn1. The molecule has 1 amide bonds. The topological polar surface area (TPSA) is 112 Å². The number of hydrogen-bond donors (Lipinski definition) is 1. The first-order chi connectivity index (χ1) is 17.4. The van der Waals surface area contributed by atoms with Gasteiger partial charge in [-0.05, 0) is 24.3 Å². The molecule has 0 aliphatic carbocycles. The van der Waals surface area contributed by atoms with Crippen molar-refractivity contribution in [3.8, 4) is 23.0 Å². The second kappa shape index (κ2) is 11.1. The largest absolute Gasteiger partial charge is 0.494 e. The minimum atomic E-state index is -0.370. The fourth-order valence-electron chi connectivity index (χ4n) is 4.08. The van der Waals surface area contributed by atoms with Crippen LogP contribution in [0, 0.1) is 5.82 Å². The Labute approximate surface area is 208 Å². The van der Waals surface area contributed by atoms with Crippen molar-refractivity contribution in [1.29, 1.82) is 0 Å². The molecule has 0 unspecified atom stereocenters. The van der Waals surface area contributed by atoms with E-state index in [2.05, 4.69) is 14.9 Å². The van der Waals surface area contributed by atoms with E-state index >= 15 is 0 Å². The van der Waals surface area contributed by atoms with Crippen LogP contribution in [0.15, 0.2) is 48.8 Å². The molecule has 3 aromatic rings. The summed E-state index contributed by atoms with van der Waals surface area (Å²) in [5.41, 5.74) is 6.79. The Morgan fingerprint density at radius 2 is 1.78 bits per heavy atom. The average molecular weight is 498 g/mol. The summed E-state index contributed by atoms with van der Waals surface area (Å²) < 4.78 is 35.3. The molecule has 1 fully saturated rings. The number of aromatic nitrogens is 2. The molecule has 4 rings (SSSR count). The first kappa shape index (κ1) is 25.0. The molecule has 0 bridgehead atoms. The standard InChI is InChI=1S/C25H28FN5O5/c1-33-15-17-14-30(20-12-29-24(27)11-21(20)34-2)8-9-31(17)25(32)19-10-22(35-3)23(13-28-19)36-18-6-4-16(26)5-7-18/h4-7,10-13,17H,8-9,14-15H2,1-3H3,(H2,27,29)/t17-/m1/s1. The van der Waals surface area contributed by atoms with Crippen molar-refractivity contribution >= 4 is 17.4 Å². The van der Waals surface area contributed by atoms with E-state index in [9.17, 15) is 9.18 Å². The molecule has 11 heteroatoms. The molecule has 36 heavy (non-hydrogen) atoms. The third-order valence-corrected chi connectivity index (χ3v) is 5.84. The lowest BCUT2D eigenvalue weighted by Crippen LogP contribution is -2.57. The molecular weight excluding hydrogens is 469 g/mol. The van der Waals surface area contributed by atoms with E-state index in [1.165, 1.54) is 43.6 Å². The van der Waals surface area contributed by atoms with Crippen molar-refractivity contribution in [3.63, 3.8) is 0 Å². The van der Waals surface area contributed by atoms with E-state index < -0.39 is 0 Å². The van der Waals surface area contributed by atoms with Crippen LogP contribution in [0.3, 0.4) is 0 Å². The molecule has 2 aromatic heterocycles. The predicted octanol–water partition coefficient (Wildman–Crippen LogP) is 2.98. The number of nitrogens with zero attached hydrogens (tertiary/aromatic N) is 4. The van der Waals surface area contributed by atoms with Gasteiger partial charge in [0.25, 0.3) is 5.91 Å². The number of nitrogen functional groups attached to an aromatic ring is 1. The minimum Gasteiger partial charge on any atom is -0.494 e. The van der Waals surface area contributed by atoms with Gasteiger partial charge in [0.15, 0.2) is 11.5 Å². The highest BCUT2D eigenvalue weighted by molar-refractivity contribution is 5.93. The molecule has 3 heterocycles. The normalized spacial score (nSPS) is 15.5. The summed E-state index contributed by atoms with van der Waals surface area (Å²) in [6, 6.07) is 8.52. The molecule has 0 saturated carbocycles. The summed E-state index contributed by atoms with van der Waals surface area (Å²) >= 11 is 0. The fourth-order valence-corrected chi connectivity index (χ4v) is 4.08. The highest BCUT2D eigenvalue weighted by Crippen LogP contribution is 2.33. The Balaban J connectivity index is 1.53. The quantitative estimate of drug-likeness (QED) is 0.502. The molecule has 0 spiro atoms. The Morgan fingerprint density at radius 1 is 1.03 bits per heavy atom. The number of pyridine rings is 2. The zero-order valence-corrected chi connectivity index (χ0v) is 20.3. The monoisotopic (exact) mass is 497 g/mol. The third-order valence-electron chi connectivity index (χ3n) is 5.84. The number of anilines is 2. The lowest BCUT2D eigenvalue weighted by Gasteiger charge is -2.42. The maximum absolute atomic E-state index is 13.5. The Bertz CT molecular complexity index is 1210. The van der Waals surface area contributed by atoms with Crippen LogP contribution in [0.4, 0.5) is 15.9 Å². The molecule has 190 valence electrons. The maximum Gasteiger partial charge on any atom is 0.273 e. The molecule has 1 aliphatic rings. The van der Waals surface area contributed by atoms with Crippen LogP contribution in [0.1, 0.15) is 10.5 Å². The maximum atomic E-state index is 13.5. The molecule has 1 aliphatic heterocycles. The first-order valence-corrected chi connectivity index (χ1v) is 11.2. The van der Waals surface area contributed by atoms with Crippen LogP contribution in [0.5, 0.6) is 23.0 Å². The van der Waals surface area contributed by atoms with E-state index in [0.717, 1.165) is 5.69 Å². The number of methoxy groups -OCH3 is 3. The number of carbonyl (C=O) groups excluding carboxylic acids is 1. The van der Waals surface area contributed by atoms with Crippen molar-refractivity contribution in [2.45, 2.75) is 6.04 Å². The van der Waals surface area contributed by atoms with Crippen molar-refractivity contribution in [2.75, 3.05) is 58.2 Å². The second-order valence-corrected chi connectivity index (χ2v) is 8.11. The summed E-state index contributed by atoms with van der Waals surface area (Å²) in [5.74, 6) is 1.40. The van der Waals surface area contributed by atoms with Gasteiger partial charge in [-0.3, -0.25) is 4.79 Å². The van der Waals surface area contributed by atoms with Gasteiger partial charge in [0, 0.05) is 38.9 Å². The van der Waals surface area contributed by atoms with Crippen LogP contribution in [-0.2, 0) is 4.74 Å². The van der Waals surface area contributed by atoms with Gasteiger partial charge in [-0.15, -0.1) is 0 Å². The number of hydrogen-bond acceptors (Lipinski definition) is 9. The highest BCUT2D eigenvalue weighted by Gasteiger charge is 2.33. The summed E-state index contributed by atoms with van der Waals surface area (Å²) in [6.07, 6.45) is 3.09. The molecule has 1 aromatic carbocycles. The Hall–Kier alpha value is -4.12.